The summed E-state index contributed by atoms with van der Waals surface area (Å²) in [7, 11) is 2.21. The third-order valence-electron chi connectivity index (χ3n) is 6.81. The van der Waals surface area contributed by atoms with Gasteiger partial charge in [0.1, 0.15) is 18.0 Å². The van der Waals surface area contributed by atoms with Crippen LogP contribution in [0.1, 0.15) is 19.8 Å². The Hall–Kier alpha value is -3.04. The summed E-state index contributed by atoms with van der Waals surface area (Å²) >= 11 is 0. The first-order valence-electron chi connectivity index (χ1n) is 11.9. The molecule has 2 fully saturated rings. The normalized spacial score (nSPS) is 18.4. The van der Waals surface area contributed by atoms with Crippen molar-refractivity contribution in [3.8, 4) is 5.69 Å². The molecular weight excluding hydrogens is 436 g/mol. The number of hydrogen-bond donors (Lipinski definition) is 1. The van der Waals surface area contributed by atoms with Crippen LogP contribution in [0.4, 0.5) is 26.1 Å². The highest BCUT2D eigenvalue weighted by Gasteiger charge is 2.26. The van der Waals surface area contributed by atoms with Crippen LogP contribution in [0, 0.1) is 18.6 Å². The van der Waals surface area contributed by atoms with Gasteiger partial charge in [0.15, 0.2) is 0 Å². The van der Waals surface area contributed by atoms with E-state index in [0.717, 1.165) is 43.5 Å². The number of aromatic nitrogens is 3. The number of likely N-dealkylation sites (tertiary alicyclic amines) is 1. The van der Waals surface area contributed by atoms with Gasteiger partial charge in [0.05, 0.1) is 5.69 Å². The van der Waals surface area contributed by atoms with Crippen molar-refractivity contribution in [2.24, 2.45) is 0 Å². The van der Waals surface area contributed by atoms with Crippen molar-refractivity contribution in [3.05, 3.63) is 59.9 Å². The quantitative estimate of drug-likeness (QED) is 0.608. The molecule has 0 atom stereocenters. The number of piperazine rings is 1. The highest BCUT2D eigenvalue weighted by atomic mass is 19.1. The van der Waals surface area contributed by atoms with Gasteiger partial charge in [-0.15, -0.1) is 5.10 Å². The third-order valence-corrected chi connectivity index (χ3v) is 6.81. The van der Waals surface area contributed by atoms with E-state index in [9.17, 15) is 8.78 Å². The number of piperidine rings is 1. The van der Waals surface area contributed by atoms with Gasteiger partial charge >= 0.3 is 0 Å². The molecule has 0 spiro atoms. The summed E-state index contributed by atoms with van der Waals surface area (Å²) in [4.78, 5) is 11.8. The second-order valence-corrected chi connectivity index (χ2v) is 9.38. The monoisotopic (exact) mass is 469 g/mol. The summed E-state index contributed by atoms with van der Waals surface area (Å²) in [6.07, 6.45) is 3.96. The summed E-state index contributed by atoms with van der Waals surface area (Å²) in [5, 5.41) is 7.57. The van der Waals surface area contributed by atoms with E-state index in [1.165, 1.54) is 54.8 Å². The van der Waals surface area contributed by atoms with Crippen LogP contribution < -0.4 is 10.2 Å². The lowest BCUT2D eigenvalue weighted by Gasteiger charge is -2.43. The average molecular weight is 470 g/mol. The number of hydrogen-bond acceptors (Lipinski definition) is 6. The molecule has 7 nitrogen and oxygen atoms in total. The second kappa shape index (κ2) is 9.68. The van der Waals surface area contributed by atoms with Gasteiger partial charge in [-0.05, 0) is 75.8 Å². The van der Waals surface area contributed by atoms with Gasteiger partial charge in [0, 0.05) is 51.1 Å². The average Bonchev–Trinajstić information content (AvgIpc) is 3.27. The molecule has 2 aliphatic heterocycles. The molecule has 3 aromatic rings. The summed E-state index contributed by atoms with van der Waals surface area (Å²) in [6, 6.07) is 10.3. The summed E-state index contributed by atoms with van der Waals surface area (Å²) in [5.41, 5.74) is 3.49. The zero-order valence-corrected chi connectivity index (χ0v) is 19.7. The van der Waals surface area contributed by atoms with E-state index in [4.69, 9.17) is 0 Å². The van der Waals surface area contributed by atoms with Crippen molar-refractivity contribution in [2.45, 2.75) is 25.8 Å². The molecule has 1 N–H and O–H groups in total. The van der Waals surface area contributed by atoms with Crippen LogP contribution in [0.25, 0.3) is 5.69 Å². The molecule has 0 bridgehead atoms. The molecule has 1 aromatic heterocycles. The molecule has 2 saturated heterocycles. The van der Waals surface area contributed by atoms with Gasteiger partial charge in [-0.1, -0.05) is 0 Å². The van der Waals surface area contributed by atoms with Crippen molar-refractivity contribution in [3.63, 3.8) is 0 Å². The Morgan fingerprint density at radius 3 is 2.29 bits per heavy atom. The highest BCUT2D eigenvalue weighted by molar-refractivity contribution is 5.64. The van der Waals surface area contributed by atoms with Gasteiger partial charge < -0.3 is 15.1 Å². The maximum Gasteiger partial charge on any atom is 0.246 e. The molecule has 2 aromatic carbocycles. The van der Waals surface area contributed by atoms with Gasteiger partial charge in [-0.3, -0.25) is 4.90 Å². The number of benzene rings is 2. The largest absolute Gasteiger partial charge is 0.369 e. The van der Waals surface area contributed by atoms with Crippen LogP contribution in [-0.4, -0.2) is 76.9 Å². The van der Waals surface area contributed by atoms with E-state index in [-0.39, 0.29) is 7.11 Å². The first kappa shape index (κ1) is 22.7. The number of halogens is 2. The predicted molar refractivity (Wildman–Crippen MR) is 132 cm³/mol. The van der Waals surface area contributed by atoms with E-state index >= 15 is 0 Å². The summed E-state index contributed by atoms with van der Waals surface area (Å²) < 4.78 is 28.5. The van der Waals surface area contributed by atoms with E-state index in [2.05, 4.69) is 56.2 Å². The van der Waals surface area contributed by atoms with Crippen molar-refractivity contribution in [1.82, 2.24) is 24.6 Å². The molecule has 0 radical (unpaired) electrons. The van der Waals surface area contributed by atoms with Gasteiger partial charge in [0.2, 0.25) is 5.95 Å². The summed E-state index contributed by atoms with van der Waals surface area (Å²) in [6.45, 7) is 8.64. The zero-order valence-electron chi connectivity index (χ0n) is 19.7. The van der Waals surface area contributed by atoms with Gasteiger partial charge in [0.25, 0.3) is 0 Å². The van der Waals surface area contributed by atoms with Gasteiger partial charge in [-0.2, -0.15) is 4.98 Å². The van der Waals surface area contributed by atoms with E-state index in [1.54, 1.807) is 0 Å². The number of aryl methyl sites for hydroxylation is 1. The smallest absolute Gasteiger partial charge is 0.246 e. The maximum absolute atomic E-state index is 13.6. The van der Waals surface area contributed by atoms with Crippen LogP contribution in [-0.2, 0) is 0 Å². The lowest BCUT2D eigenvalue weighted by atomic mass is 10.0. The molecular formula is C25H33F2N7. The molecule has 34 heavy (non-hydrogen) atoms. The standard InChI is InChI=1S/C25H31F2N7.H2/c1-18-11-21(29-25-28-17-34(30-25)24-14-19(26)13-20(27)15-24)16-23(12-18)33-9-7-32(8-10-33)22-3-5-31(2)6-4-22;/h11-17,22H,3-10H2,1-2H3,(H,29,30);1H. The Balaban J connectivity index is 0.00000289. The molecule has 5 rings (SSSR count). The zero-order chi connectivity index (χ0) is 23.7. The minimum Gasteiger partial charge on any atom is -0.369 e. The first-order valence-corrected chi connectivity index (χ1v) is 11.9. The van der Waals surface area contributed by atoms with Crippen molar-refractivity contribution < 1.29 is 10.2 Å². The Morgan fingerprint density at radius 1 is 0.882 bits per heavy atom. The van der Waals surface area contributed by atoms with Crippen molar-refractivity contribution >= 4 is 17.3 Å². The fourth-order valence-corrected chi connectivity index (χ4v) is 4.97. The molecule has 3 heterocycles. The molecule has 0 aliphatic carbocycles. The third kappa shape index (κ3) is 5.20. The number of anilines is 3. The molecule has 182 valence electrons. The Bertz CT molecular complexity index is 1120. The van der Waals surface area contributed by atoms with E-state index in [1.807, 2.05) is 6.07 Å². The van der Waals surface area contributed by atoms with Gasteiger partial charge in [-0.25, -0.2) is 13.5 Å². The number of nitrogens with one attached hydrogen (secondary N) is 1. The lowest BCUT2D eigenvalue weighted by molar-refractivity contribution is 0.115. The number of rotatable bonds is 5. The lowest BCUT2D eigenvalue weighted by Crippen LogP contribution is -2.53. The Labute approximate surface area is 200 Å². The van der Waals surface area contributed by atoms with Crippen LogP contribution in [0.5, 0.6) is 0 Å². The summed E-state index contributed by atoms with van der Waals surface area (Å²) in [5.74, 6) is -0.938. The van der Waals surface area contributed by atoms with Crippen molar-refractivity contribution in [1.29, 1.82) is 0 Å². The minimum atomic E-state index is -0.653. The molecule has 2 aliphatic rings. The molecule has 0 saturated carbocycles. The topological polar surface area (TPSA) is 52.5 Å². The predicted octanol–water partition coefficient (Wildman–Crippen LogP) is 4.06. The first-order chi connectivity index (χ1) is 16.4. The highest BCUT2D eigenvalue weighted by Crippen LogP contribution is 2.26. The van der Waals surface area contributed by atoms with Crippen molar-refractivity contribution in [2.75, 3.05) is 56.5 Å². The SMILES string of the molecule is Cc1cc(Nc2ncn(-c3cc(F)cc(F)c3)n2)cc(N2CCN(C3CCN(C)CC3)CC2)c1.[HH]. The van der Waals surface area contributed by atoms with Crippen LogP contribution in [0.3, 0.4) is 0 Å². The fourth-order valence-electron chi connectivity index (χ4n) is 4.97. The van der Waals surface area contributed by atoms with E-state index < -0.39 is 11.6 Å². The Morgan fingerprint density at radius 2 is 1.59 bits per heavy atom. The number of nitrogens with zero attached hydrogens (tertiary/aromatic N) is 6. The second-order valence-electron chi connectivity index (χ2n) is 9.38. The van der Waals surface area contributed by atoms with Crippen LogP contribution in [0.15, 0.2) is 42.7 Å². The van der Waals surface area contributed by atoms with Crippen LogP contribution >= 0.6 is 0 Å². The maximum atomic E-state index is 13.6. The van der Waals surface area contributed by atoms with Crippen LogP contribution in [0.2, 0.25) is 0 Å². The molecule has 0 amide bonds. The molecule has 9 heteroatoms. The Kier molecular flexibility index (Phi) is 6.47. The fraction of sp³-hybridized carbons (Fsp3) is 0.440. The van der Waals surface area contributed by atoms with E-state index in [0.29, 0.717) is 12.0 Å². The molecule has 0 unspecified atom stereocenters. The minimum absolute atomic E-state index is 0.